The standard InChI is InChI=1S/C31H38Cl2N2O3S/c1-3-8-29(9-4-2)19-31(38-27(29)28(36)37)10-12-35(13-11-31)21-30(16-22-5-6-24(32)15-26(22)33)20-34-17-25(30)23-7-14-39-18-23/h3-7,14-15,18,25,27,34H,1-2,8-13,16-17,19-21H2,(H,36,37)/t25-,27?,30+/m1/s1. The van der Waals surface area contributed by atoms with E-state index in [0.29, 0.717) is 23.8 Å². The van der Waals surface area contributed by atoms with Gasteiger partial charge >= 0.3 is 5.97 Å². The molecule has 0 radical (unpaired) electrons. The Labute approximate surface area is 245 Å². The summed E-state index contributed by atoms with van der Waals surface area (Å²) >= 11 is 14.7. The first-order chi connectivity index (χ1) is 18.7. The van der Waals surface area contributed by atoms with E-state index in [1.807, 2.05) is 24.3 Å². The van der Waals surface area contributed by atoms with E-state index in [1.54, 1.807) is 11.3 Å². The van der Waals surface area contributed by atoms with E-state index >= 15 is 0 Å². The topological polar surface area (TPSA) is 61.8 Å². The van der Waals surface area contributed by atoms with Crippen molar-refractivity contribution in [2.75, 3.05) is 32.7 Å². The van der Waals surface area contributed by atoms with Crippen LogP contribution in [0.1, 0.15) is 49.1 Å². The quantitative estimate of drug-likeness (QED) is 0.298. The lowest BCUT2D eigenvalue weighted by atomic mass is 9.69. The number of carboxylic acids is 1. The Bertz CT molecular complexity index is 1180. The first-order valence-corrected chi connectivity index (χ1v) is 15.5. The van der Waals surface area contributed by atoms with Gasteiger partial charge in [-0.25, -0.2) is 4.79 Å². The summed E-state index contributed by atoms with van der Waals surface area (Å²) in [5.41, 5.74) is 1.58. The maximum atomic E-state index is 12.3. The van der Waals surface area contributed by atoms with Crippen molar-refractivity contribution >= 4 is 40.5 Å². The van der Waals surface area contributed by atoms with Crippen LogP contribution in [0.25, 0.3) is 0 Å². The number of benzene rings is 1. The van der Waals surface area contributed by atoms with Crippen LogP contribution in [0.5, 0.6) is 0 Å². The number of carboxylic acid groups (broad SMARTS) is 1. The van der Waals surface area contributed by atoms with E-state index in [1.165, 1.54) is 5.56 Å². The molecule has 1 aromatic heterocycles. The fourth-order valence-electron chi connectivity index (χ4n) is 7.54. The lowest BCUT2D eigenvalue weighted by Crippen LogP contribution is -2.50. The first-order valence-electron chi connectivity index (χ1n) is 13.8. The molecule has 0 saturated carbocycles. The van der Waals surface area contributed by atoms with E-state index in [-0.39, 0.29) is 5.41 Å². The number of carbonyl (C=O) groups is 1. The molecule has 1 spiro atoms. The first kappa shape index (κ1) is 28.8. The smallest absolute Gasteiger partial charge is 0.333 e. The molecular formula is C31H38Cl2N2O3S. The molecule has 0 bridgehead atoms. The summed E-state index contributed by atoms with van der Waals surface area (Å²) in [6, 6.07) is 8.09. The van der Waals surface area contributed by atoms with Crippen LogP contribution in [0, 0.1) is 10.8 Å². The van der Waals surface area contributed by atoms with Crippen LogP contribution >= 0.6 is 34.5 Å². The number of ether oxygens (including phenoxy) is 1. The van der Waals surface area contributed by atoms with Gasteiger partial charge in [0.05, 0.1) is 5.60 Å². The Morgan fingerprint density at radius 3 is 2.54 bits per heavy atom. The lowest BCUT2D eigenvalue weighted by Gasteiger charge is -2.45. The van der Waals surface area contributed by atoms with Gasteiger partial charge in [0.25, 0.3) is 0 Å². The summed E-state index contributed by atoms with van der Waals surface area (Å²) in [5, 5.41) is 19.6. The molecule has 2 aromatic rings. The molecule has 0 aliphatic carbocycles. The summed E-state index contributed by atoms with van der Waals surface area (Å²) in [7, 11) is 0. The number of thiophene rings is 1. The van der Waals surface area contributed by atoms with Gasteiger partial charge in [-0.1, -0.05) is 41.4 Å². The molecule has 8 heteroatoms. The highest BCUT2D eigenvalue weighted by atomic mass is 35.5. The van der Waals surface area contributed by atoms with Crippen LogP contribution in [0.4, 0.5) is 0 Å². The Balaban J connectivity index is 1.36. The number of hydrogen-bond donors (Lipinski definition) is 2. The van der Waals surface area contributed by atoms with Gasteiger partial charge in [-0.3, -0.25) is 0 Å². The van der Waals surface area contributed by atoms with Crippen LogP contribution in [0.2, 0.25) is 10.0 Å². The van der Waals surface area contributed by atoms with E-state index in [2.05, 4.69) is 46.3 Å². The molecule has 1 unspecified atom stereocenters. The second kappa shape index (κ2) is 11.7. The summed E-state index contributed by atoms with van der Waals surface area (Å²) < 4.78 is 6.46. The Kier molecular flexibility index (Phi) is 8.63. The third-order valence-electron chi connectivity index (χ3n) is 9.30. The van der Waals surface area contributed by atoms with Crippen molar-refractivity contribution in [3.05, 3.63) is 81.5 Å². The highest BCUT2D eigenvalue weighted by Gasteiger charge is 2.58. The Morgan fingerprint density at radius 2 is 1.92 bits per heavy atom. The number of piperidine rings is 1. The Hall–Kier alpha value is -1.67. The Morgan fingerprint density at radius 1 is 1.18 bits per heavy atom. The van der Waals surface area contributed by atoms with Gasteiger partial charge in [0.1, 0.15) is 0 Å². The highest BCUT2D eigenvalue weighted by Crippen LogP contribution is 2.54. The second-order valence-corrected chi connectivity index (χ2v) is 13.5. The number of allylic oxidation sites excluding steroid dienone is 2. The summed E-state index contributed by atoms with van der Waals surface area (Å²) in [4.78, 5) is 14.8. The number of nitrogens with zero attached hydrogens (tertiary/aromatic N) is 1. The van der Waals surface area contributed by atoms with E-state index in [4.69, 9.17) is 27.9 Å². The number of aliphatic carboxylic acids is 1. The third kappa shape index (κ3) is 5.74. The predicted octanol–water partition coefficient (Wildman–Crippen LogP) is 6.82. The summed E-state index contributed by atoms with van der Waals surface area (Å²) in [6.07, 6.45) is 7.29. The number of hydrogen-bond acceptors (Lipinski definition) is 5. The maximum absolute atomic E-state index is 12.3. The minimum absolute atomic E-state index is 0.0291. The molecule has 5 rings (SSSR count). The van der Waals surface area contributed by atoms with Crippen molar-refractivity contribution in [1.29, 1.82) is 0 Å². The van der Waals surface area contributed by atoms with Gasteiger partial charge in [-0.2, -0.15) is 11.3 Å². The highest BCUT2D eigenvalue weighted by molar-refractivity contribution is 7.08. The van der Waals surface area contributed by atoms with E-state index in [0.717, 1.165) is 69.0 Å². The molecule has 39 heavy (non-hydrogen) atoms. The molecule has 1 aromatic carbocycles. The van der Waals surface area contributed by atoms with Crippen LogP contribution in [-0.4, -0.2) is 60.4 Å². The predicted molar refractivity (Wildman–Crippen MR) is 160 cm³/mol. The van der Waals surface area contributed by atoms with Crippen molar-refractivity contribution in [2.24, 2.45) is 10.8 Å². The van der Waals surface area contributed by atoms with Crippen molar-refractivity contribution in [3.63, 3.8) is 0 Å². The van der Waals surface area contributed by atoms with Crippen LogP contribution in [0.15, 0.2) is 60.3 Å². The van der Waals surface area contributed by atoms with Gasteiger partial charge in [-0.15, -0.1) is 13.2 Å². The largest absolute Gasteiger partial charge is 0.479 e. The van der Waals surface area contributed by atoms with Crippen molar-refractivity contribution < 1.29 is 14.6 Å². The van der Waals surface area contributed by atoms with E-state index in [9.17, 15) is 9.90 Å². The van der Waals surface area contributed by atoms with Gasteiger partial charge in [0.2, 0.25) is 0 Å². The molecule has 5 nitrogen and oxygen atoms in total. The van der Waals surface area contributed by atoms with Gasteiger partial charge < -0.3 is 20.1 Å². The molecule has 210 valence electrons. The lowest BCUT2D eigenvalue weighted by molar-refractivity contribution is -0.162. The fourth-order valence-corrected chi connectivity index (χ4v) is 8.73. The molecule has 4 heterocycles. The van der Waals surface area contributed by atoms with Gasteiger partial charge in [-0.05, 0) is 78.6 Å². The zero-order valence-electron chi connectivity index (χ0n) is 22.3. The van der Waals surface area contributed by atoms with Crippen LogP contribution < -0.4 is 5.32 Å². The second-order valence-electron chi connectivity index (χ2n) is 11.8. The molecule has 3 aliphatic heterocycles. The monoisotopic (exact) mass is 588 g/mol. The average Bonchev–Trinajstić information content (AvgIpc) is 3.62. The number of likely N-dealkylation sites (tertiary alicyclic amines) is 1. The van der Waals surface area contributed by atoms with Crippen molar-refractivity contribution in [1.82, 2.24) is 10.2 Å². The summed E-state index contributed by atoms with van der Waals surface area (Å²) in [6.45, 7) is 12.4. The molecule has 3 fully saturated rings. The van der Waals surface area contributed by atoms with E-state index < -0.39 is 23.1 Å². The number of halogens is 2. The fraction of sp³-hybridized carbons (Fsp3) is 0.516. The minimum atomic E-state index is -0.882. The molecule has 3 aliphatic rings. The zero-order valence-corrected chi connectivity index (χ0v) is 24.7. The van der Waals surface area contributed by atoms with Gasteiger partial charge in [0, 0.05) is 59.5 Å². The van der Waals surface area contributed by atoms with Crippen LogP contribution in [-0.2, 0) is 16.0 Å². The average molecular weight is 590 g/mol. The summed E-state index contributed by atoms with van der Waals surface area (Å²) in [5.74, 6) is -0.509. The molecular weight excluding hydrogens is 551 g/mol. The molecule has 3 saturated heterocycles. The molecule has 3 atom stereocenters. The third-order valence-corrected chi connectivity index (χ3v) is 10.6. The molecule has 0 amide bonds. The van der Waals surface area contributed by atoms with Crippen molar-refractivity contribution in [2.45, 2.75) is 56.1 Å². The molecule has 2 N–H and O–H groups in total. The van der Waals surface area contributed by atoms with Gasteiger partial charge in [0.15, 0.2) is 6.10 Å². The zero-order chi connectivity index (χ0) is 27.7. The maximum Gasteiger partial charge on any atom is 0.333 e. The minimum Gasteiger partial charge on any atom is -0.479 e. The van der Waals surface area contributed by atoms with Crippen LogP contribution in [0.3, 0.4) is 0 Å². The number of nitrogens with one attached hydrogen (secondary N) is 1. The SMILES string of the molecule is C=CCC1(CC=C)CC2(CCN(C[C@]3(Cc4ccc(Cl)cc4Cl)CNC[C@@H]3c3ccsc3)CC2)OC1C(=O)O. The normalized spacial score (nSPS) is 28.1. The number of rotatable bonds is 10. The van der Waals surface area contributed by atoms with Crippen molar-refractivity contribution in [3.8, 4) is 0 Å².